The summed E-state index contributed by atoms with van der Waals surface area (Å²) in [7, 11) is -2.56. The standard InChI is InChI=1S/C31H36O7S/c1-6-36-29(32)15-11-10-12-23(3)27-20-28(38-39(33,34)26-18-16-22(2)17-19-26)24(4)30(35-5)31(27)37-21-25-13-8-7-9-14-25/h7-9,11,13-20,23H,6,10,12,21H2,1-5H3. The van der Waals surface area contributed by atoms with E-state index in [2.05, 4.69) is 0 Å². The molecule has 8 heteroatoms. The van der Waals surface area contributed by atoms with E-state index in [1.807, 2.05) is 44.2 Å². The van der Waals surface area contributed by atoms with Gasteiger partial charge in [-0.3, -0.25) is 0 Å². The Kier molecular flexibility index (Phi) is 10.6. The third-order valence-electron chi connectivity index (χ3n) is 6.24. The number of carbonyl (C=O) groups excluding carboxylic acids is 1. The molecule has 0 saturated carbocycles. The van der Waals surface area contributed by atoms with E-state index >= 15 is 0 Å². The zero-order chi connectivity index (χ0) is 28.4. The lowest BCUT2D eigenvalue weighted by Gasteiger charge is -2.23. The van der Waals surface area contributed by atoms with Crippen LogP contribution in [0.15, 0.2) is 77.7 Å². The Morgan fingerprint density at radius 1 is 1.00 bits per heavy atom. The van der Waals surface area contributed by atoms with Gasteiger partial charge in [-0.15, -0.1) is 0 Å². The highest BCUT2D eigenvalue weighted by molar-refractivity contribution is 7.87. The Labute approximate surface area is 231 Å². The van der Waals surface area contributed by atoms with Gasteiger partial charge in [0.1, 0.15) is 17.3 Å². The predicted molar refractivity (Wildman–Crippen MR) is 151 cm³/mol. The normalized spacial score (nSPS) is 12.2. The van der Waals surface area contributed by atoms with Gasteiger partial charge in [-0.05, 0) is 63.3 Å². The summed E-state index contributed by atoms with van der Waals surface area (Å²) < 4.78 is 48.9. The van der Waals surface area contributed by atoms with Gasteiger partial charge < -0.3 is 18.4 Å². The predicted octanol–water partition coefficient (Wildman–Crippen LogP) is 6.66. The van der Waals surface area contributed by atoms with Gasteiger partial charge in [0.25, 0.3) is 0 Å². The van der Waals surface area contributed by atoms with Gasteiger partial charge in [0.2, 0.25) is 0 Å². The minimum absolute atomic E-state index is 0.0644. The van der Waals surface area contributed by atoms with E-state index < -0.39 is 10.1 Å². The summed E-state index contributed by atoms with van der Waals surface area (Å²) in [4.78, 5) is 11.7. The third-order valence-corrected chi connectivity index (χ3v) is 7.49. The number of esters is 1. The summed E-state index contributed by atoms with van der Waals surface area (Å²) >= 11 is 0. The average molecular weight is 553 g/mol. The van der Waals surface area contributed by atoms with Gasteiger partial charge in [-0.25, -0.2) is 4.79 Å². The molecule has 0 fully saturated rings. The second kappa shape index (κ2) is 13.8. The molecule has 0 amide bonds. The van der Waals surface area contributed by atoms with Crippen LogP contribution in [0.3, 0.4) is 0 Å². The number of ether oxygens (including phenoxy) is 3. The Balaban J connectivity index is 1.98. The van der Waals surface area contributed by atoms with Crippen LogP contribution < -0.4 is 13.7 Å². The Hall–Kier alpha value is -3.78. The first-order valence-electron chi connectivity index (χ1n) is 12.9. The van der Waals surface area contributed by atoms with Gasteiger partial charge in [0, 0.05) is 17.2 Å². The summed E-state index contributed by atoms with van der Waals surface area (Å²) in [5.41, 5.74) is 3.18. The molecule has 0 bridgehead atoms. The maximum absolute atomic E-state index is 13.1. The van der Waals surface area contributed by atoms with Gasteiger partial charge in [0.05, 0.1) is 13.7 Å². The molecular weight excluding hydrogens is 516 g/mol. The zero-order valence-corrected chi connectivity index (χ0v) is 23.9. The van der Waals surface area contributed by atoms with Gasteiger partial charge >= 0.3 is 16.1 Å². The molecular formula is C31H36O7S. The monoisotopic (exact) mass is 552 g/mol. The van der Waals surface area contributed by atoms with Crippen LogP contribution >= 0.6 is 0 Å². The second-order valence-corrected chi connectivity index (χ2v) is 10.8. The van der Waals surface area contributed by atoms with Gasteiger partial charge in [-0.2, -0.15) is 8.42 Å². The lowest BCUT2D eigenvalue weighted by atomic mass is 9.93. The molecule has 7 nitrogen and oxygen atoms in total. The largest absolute Gasteiger partial charge is 0.492 e. The summed E-state index contributed by atoms with van der Waals surface area (Å²) in [6, 6.07) is 17.9. The molecule has 1 atom stereocenters. The molecule has 3 aromatic carbocycles. The molecule has 0 aliphatic carbocycles. The van der Waals surface area contributed by atoms with Crippen molar-refractivity contribution in [3.63, 3.8) is 0 Å². The quantitative estimate of drug-likeness (QED) is 0.133. The van der Waals surface area contributed by atoms with Crippen LogP contribution in [-0.2, 0) is 26.3 Å². The first-order chi connectivity index (χ1) is 18.7. The lowest BCUT2D eigenvalue weighted by molar-refractivity contribution is -0.137. The van der Waals surface area contributed by atoms with Gasteiger partial charge in [-0.1, -0.05) is 61.0 Å². The van der Waals surface area contributed by atoms with E-state index in [0.29, 0.717) is 43.1 Å². The van der Waals surface area contributed by atoms with E-state index in [9.17, 15) is 13.2 Å². The highest BCUT2D eigenvalue weighted by Crippen LogP contribution is 2.45. The molecule has 39 heavy (non-hydrogen) atoms. The van der Waals surface area contributed by atoms with E-state index in [-0.39, 0.29) is 22.5 Å². The van der Waals surface area contributed by atoms with Crippen molar-refractivity contribution in [3.8, 4) is 17.2 Å². The van der Waals surface area contributed by atoms with Crippen molar-refractivity contribution in [1.82, 2.24) is 0 Å². The molecule has 0 saturated heterocycles. The van der Waals surface area contributed by atoms with Crippen molar-refractivity contribution in [2.24, 2.45) is 0 Å². The molecule has 0 spiro atoms. The SMILES string of the molecule is CCOC(=O)C=CCCC(C)c1cc(OS(=O)(=O)c2ccc(C)cc2)c(C)c(OC)c1OCc1ccccc1. The van der Waals surface area contributed by atoms with Crippen LogP contribution in [0.1, 0.15) is 54.9 Å². The highest BCUT2D eigenvalue weighted by Gasteiger charge is 2.26. The summed E-state index contributed by atoms with van der Waals surface area (Å²) in [5.74, 6) is 0.642. The second-order valence-electron chi connectivity index (χ2n) is 9.21. The van der Waals surface area contributed by atoms with Gasteiger partial charge in [0.15, 0.2) is 11.5 Å². The van der Waals surface area contributed by atoms with E-state index in [4.69, 9.17) is 18.4 Å². The van der Waals surface area contributed by atoms with Crippen molar-refractivity contribution >= 4 is 16.1 Å². The first-order valence-corrected chi connectivity index (χ1v) is 14.3. The first kappa shape index (κ1) is 29.8. The number of allylic oxidation sites excluding steroid dienone is 1. The Morgan fingerprint density at radius 3 is 2.33 bits per heavy atom. The molecule has 3 aromatic rings. The van der Waals surface area contributed by atoms with Crippen LogP contribution in [0.2, 0.25) is 0 Å². The Morgan fingerprint density at radius 2 is 1.69 bits per heavy atom. The summed E-state index contributed by atoms with van der Waals surface area (Å²) in [5, 5.41) is 0. The smallest absolute Gasteiger partial charge is 0.339 e. The topological polar surface area (TPSA) is 88.1 Å². The molecule has 1 unspecified atom stereocenters. The van der Waals surface area contributed by atoms with Crippen LogP contribution in [0.5, 0.6) is 17.2 Å². The summed E-state index contributed by atoms with van der Waals surface area (Å²) in [6.07, 6.45) is 4.45. The molecule has 208 valence electrons. The number of rotatable bonds is 13. The molecule has 0 radical (unpaired) electrons. The fourth-order valence-electron chi connectivity index (χ4n) is 4.05. The van der Waals surface area contributed by atoms with Crippen molar-refractivity contribution in [3.05, 3.63) is 95.1 Å². The van der Waals surface area contributed by atoms with Crippen molar-refractivity contribution in [1.29, 1.82) is 0 Å². The third kappa shape index (κ3) is 8.10. The van der Waals surface area contributed by atoms with Crippen LogP contribution in [0.4, 0.5) is 0 Å². The number of carbonyl (C=O) groups is 1. The lowest BCUT2D eigenvalue weighted by Crippen LogP contribution is -2.12. The Bertz CT molecular complexity index is 1380. The fourth-order valence-corrected chi connectivity index (χ4v) is 5.02. The number of methoxy groups -OCH3 is 1. The zero-order valence-electron chi connectivity index (χ0n) is 23.1. The molecule has 0 N–H and O–H groups in total. The summed E-state index contributed by atoms with van der Waals surface area (Å²) in [6.45, 7) is 8.02. The molecule has 0 aliphatic rings. The maximum atomic E-state index is 13.1. The average Bonchev–Trinajstić information content (AvgIpc) is 2.92. The number of hydrogen-bond donors (Lipinski definition) is 0. The minimum Gasteiger partial charge on any atom is -0.492 e. The van der Waals surface area contributed by atoms with E-state index in [1.54, 1.807) is 38.1 Å². The highest BCUT2D eigenvalue weighted by atomic mass is 32.2. The molecule has 0 aliphatic heterocycles. The van der Waals surface area contributed by atoms with Crippen LogP contribution in [0, 0.1) is 13.8 Å². The molecule has 0 heterocycles. The van der Waals surface area contributed by atoms with Crippen molar-refractivity contribution < 1.29 is 31.6 Å². The van der Waals surface area contributed by atoms with Crippen molar-refractivity contribution in [2.45, 2.75) is 58.0 Å². The molecule has 3 rings (SSSR count). The van der Waals surface area contributed by atoms with Crippen molar-refractivity contribution in [2.75, 3.05) is 13.7 Å². The molecule has 0 aromatic heterocycles. The number of benzene rings is 3. The van der Waals surface area contributed by atoms with E-state index in [1.165, 1.54) is 25.3 Å². The van der Waals surface area contributed by atoms with E-state index in [0.717, 1.165) is 16.7 Å². The maximum Gasteiger partial charge on any atom is 0.339 e. The number of hydrogen-bond acceptors (Lipinski definition) is 7. The minimum atomic E-state index is -4.08. The van der Waals surface area contributed by atoms with Crippen LogP contribution in [-0.4, -0.2) is 28.1 Å². The number of aryl methyl sites for hydroxylation is 1. The van der Waals surface area contributed by atoms with Crippen LogP contribution in [0.25, 0.3) is 0 Å². The fraction of sp³-hybridized carbons (Fsp3) is 0.323.